The monoisotopic (exact) mass is 523 g/mol. The Morgan fingerprint density at radius 2 is 1.95 bits per heavy atom. The number of carbonyl (C=O) groups is 2. The molecule has 3 heterocycles. The lowest BCUT2D eigenvalue weighted by Crippen LogP contribution is -2.42. The van der Waals surface area contributed by atoms with Gasteiger partial charge in [-0.3, -0.25) is 24.2 Å². The van der Waals surface area contributed by atoms with E-state index in [-0.39, 0.29) is 34.8 Å². The van der Waals surface area contributed by atoms with E-state index in [9.17, 15) is 9.59 Å². The van der Waals surface area contributed by atoms with E-state index < -0.39 is 0 Å². The fourth-order valence-corrected chi connectivity index (χ4v) is 5.61. The second kappa shape index (κ2) is 10.8. The van der Waals surface area contributed by atoms with E-state index in [1.165, 1.54) is 11.8 Å². The molecule has 0 bridgehead atoms. The van der Waals surface area contributed by atoms with E-state index in [4.69, 9.17) is 14.6 Å². The van der Waals surface area contributed by atoms with Crippen LogP contribution in [0.15, 0.2) is 42.7 Å². The molecule has 2 aromatic heterocycles. The van der Waals surface area contributed by atoms with Crippen LogP contribution in [0.1, 0.15) is 48.4 Å². The van der Waals surface area contributed by atoms with Crippen LogP contribution in [0.4, 0.5) is 5.82 Å². The van der Waals surface area contributed by atoms with Gasteiger partial charge in [-0.2, -0.15) is 5.10 Å². The highest BCUT2D eigenvalue weighted by Crippen LogP contribution is 2.48. The molecule has 1 aromatic carbocycles. The largest absolute Gasteiger partial charge is 0.493 e. The van der Waals surface area contributed by atoms with Crippen molar-refractivity contribution in [3.63, 3.8) is 0 Å². The van der Waals surface area contributed by atoms with Crippen molar-refractivity contribution in [3.05, 3.63) is 65.1 Å². The second-order valence-electron chi connectivity index (χ2n) is 9.88. The predicted octanol–water partition coefficient (Wildman–Crippen LogP) is 3.62. The Morgan fingerprint density at radius 3 is 2.59 bits per heavy atom. The number of anilines is 1. The van der Waals surface area contributed by atoms with Gasteiger partial charge in [0.1, 0.15) is 12.4 Å². The van der Waals surface area contributed by atoms with E-state index in [2.05, 4.69) is 31.1 Å². The summed E-state index contributed by atoms with van der Waals surface area (Å²) in [6.07, 6.45) is 3.39. The van der Waals surface area contributed by atoms with Crippen LogP contribution in [-0.4, -0.2) is 53.1 Å². The first-order valence-corrected chi connectivity index (χ1v) is 13.1. The van der Waals surface area contributed by atoms with Gasteiger partial charge in [0.2, 0.25) is 11.8 Å². The maximum absolute atomic E-state index is 13.4. The van der Waals surface area contributed by atoms with Gasteiger partial charge in [-0.15, -0.1) is 11.8 Å². The molecule has 0 spiro atoms. The van der Waals surface area contributed by atoms with Crippen molar-refractivity contribution in [3.8, 4) is 11.5 Å². The van der Waals surface area contributed by atoms with E-state index in [1.807, 2.05) is 37.4 Å². The van der Waals surface area contributed by atoms with Crippen molar-refractivity contribution in [2.45, 2.75) is 38.0 Å². The van der Waals surface area contributed by atoms with Gasteiger partial charge in [0, 0.05) is 37.0 Å². The molecule has 2 amide bonds. The summed E-state index contributed by atoms with van der Waals surface area (Å²) in [6, 6.07) is 9.52. The van der Waals surface area contributed by atoms with Gasteiger partial charge in [0.05, 0.1) is 30.9 Å². The molecule has 3 aromatic rings. The molecule has 0 unspecified atom stereocenters. The number of methoxy groups -OCH3 is 2. The Morgan fingerprint density at radius 1 is 1.19 bits per heavy atom. The zero-order valence-electron chi connectivity index (χ0n) is 22.1. The molecule has 10 heteroatoms. The third-order valence-corrected chi connectivity index (χ3v) is 7.43. The summed E-state index contributed by atoms with van der Waals surface area (Å²) in [5, 5.41) is 7.57. The number of aryl methyl sites for hydroxylation is 1. The number of benzene rings is 1. The van der Waals surface area contributed by atoms with Crippen LogP contribution < -0.4 is 19.7 Å². The van der Waals surface area contributed by atoms with E-state index in [0.29, 0.717) is 23.9 Å². The number of nitrogens with one attached hydrogen (secondary N) is 1. The number of ether oxygens (including phenoxy) is 2. The van der Waals surface area contributed by atoms with Gasteiger partial charge in [-0.05, 0) is 29.3 Å². The molecule has 37 heavy (non-hydrogen) atoms. The molecule has 0 saturated heterocycles. The number of hydrogen-bond donors (Lipinski definition) is 1. The Kier molecular flexibility index (Phi) is 7.77. The minimum Gasteiger partial charge on any atom is -0.493 e. The van der Waals surface area contributed by atoms with Crippen LogP contribution in [0.2, 0.25) is 0 Å². The number of rotatable bonds is 7. The third-order valence-electron chi connectivity index (χ3n) is 6.18. The highest BCUT2D eigenvalue weighted by Gasteiger charge is 2.39. The summed E-state index contributed by atoms with van der Waals surface area (Å²) in [7, 11) is 5.03. The van der Waals surface area contributed by atoms with Crippen molar-refractivity contribution >= 4 is 29.4 Å². The number of pyridine rings is 1. The fourth-order valence-electron chi connectivity index (χ4n) is 4.43. The molecule has 4 rings (SSSR count). The molecule has 0 saturated carbocycles. The quantitative estimate of drug-likeness (QED) is 0.505. The van der Waals surface area contributed by atoms with Crippen LogP contribution in [0, 0.1) is 0 Å². The van der Waals surface area contributed by atoms with Crippen LogP contribution in [0.25, 0.3) is 0 Å². The van der Waals surface area contributed by atoms with E-state index in [1.54, 1.807) is 36.2 Å². The Balaban J connectivity index is 1.74. The van der Waals surface area contributed by atoms with Crippen LogP contribution in [0.3, 0.4) is 0 Å². The Labute approximate surface area is 221 Å². The highest BCUT2D eigenvalue weighted by atomic mass is 32.2. The summed E-state index contributed by atoms with van der Waals surface area (Å²) in [4.78, 5) is 32.1. The van der Waals surface area contributed by atoms with Crippen LogP contribution in [0.5, 0.6) is 11.5 Å². The summed E-state index contributed by atoms with van der Waals surface area (Å²) in [5.74, 6) is 1.70. The average molecular weight is 524 g/mol. The molecule has 1 aliphatic rings. The molecular weight excluding hydrogens is 490 g/mol. The van der Waals surface area contributed by atoms with E-state index in [0.717, 1.165) is 22.4 Å². The Bertz CT molecular complexity index is 1290. The van der Waals surface area contributed by atoms with Gasteiger partial charge in [-0.25, -0.2) is 0 Å². The number of nitrogens with zero attached hydrogens (tertiary/aromatic N) is 4. The van der Waals surface area contributed by atoms with Crippen molar-refractivity contribution < 1.29 is 19.1 Å². The van der Waals surface area contributed by atoms with Gasteiger partial charge in [0.15, 0.2) is 11.5 Å². The molecular formula is C27H33N5O4S. The van der Waals surface area contributed by atoms with Gasteiger partial charge in [-0.1, -0.05) is 32.9 Å². The minimum atomic E-state index is -0.289. The van der Waals surface area contributed by atoms with Gasteiger partial charge in [0.25, 0.3) is 0 Å². The number of carbonyl (C=O) groups excluding carboxylic acids is 2. The molecule has 1 N–H and O–H groups in total. The molecule has 0 aliphatic carbocycles. The maximum Gasteiger partial charge on any atom is 0.240 e. The molecule has 9 nitrogen and oxygen atoms in total. The van der Waals surface area contributed by atoms with Crippen LogP contribution in [-0.2, 0) is 28.6 Å². The minimum absolute atomic E-state index is 0.103. The number of amides is 2. The molecule has 0 fully saturated rings. The summed E-state index contributed by atoms with van der Waals surface area (Å²) >= 11 is 1.52. The lowest BCUT2D eigenvalue weighted by Gasteiger charge is -2.24. The number of thioether (sulfide) groups is 1. The zero-order chi connectivity index (χ0) is 26.7. The third kappa shape index (κ3) is 5.58. The lowest BCUT2D eigenvalue weighted by atomic mass is 9.87. The van der Waals surface area contributed by atoms with Crippen LogP contribution >= 0.6 is 11.8 Å². The van der Waals surface area contributed by atoms with Crippen molar-refractivity contribution in [1.29, 1.82) is 0 Å². The lowest BCUT2D eigenvalue weighted by molar-refractivity contribution is -0.123. The van der Waals surface area contributed by atoms with Gasteiger partial charge >= 0.3 is 0 Å². The van der Waals surface area contributed by atoms with E-state index >= 15 is 0 Å². The number of aromatic nitrogens is 3. The highest BCUT2D eigenvalue weighted by molar-refractivity contribution is 8.00. The SMILES string of the molecule is COc1ccc([C@@H]2SCC(=O)N(CC(=O)NCc3cccnc3)c3c2c(C(C)(C)C)nn3C)cc1OC. The van der Waals surface area contributed by atoms with Gasteiger partial charge < -0.3 is 14.8 Å². The van der Waals surface area contributed by atoms with Crippen molar-refractivity contribution in [1.82, 2.24) is 20.1 Å². The van der Waals surface area contributed by atoms with Crippen molar-refractivity contribution in [2.24, 2.45) is 7.05 Å². The molecule has 1 atom stereocenters. The summed E-state index contributed by atoms with van der Waals surface area (Å²) < 4.78 is 12.7. The zero-order valence-corrected chi connectivity index (χ0v) is 22.9. The average Bonchev–Trinajstić information content (AvgIpc) is 3.16. The summed E-state index contributed by atoms with van der Waals surface area (Å²) in [6.45, 7) is 6.54. The first kappa shape index (κ1) is 26.5. The predicted molar refractivity (Wildman–Crippen MR) is 144 cm³/mol. The second-order valence-corrected chi connectivity index (χ2v) is 11.0. The molecule has 0 radical (unpaired) electrons. The maximum atomic E-state index is 13.4. The summed E-state index contributed by atoms with van der Waals surface area (Å²) in [5.41, 5.74) is 3.38. The molecule has 1 aliphatic heterocycles. The topological polar surface area (TPSA) is 98.6 Å². The fraction of sp³-hybridized carbons (Fsp3) is 0.407. The first-order chi connectivity index (χ1) is 17.6. The Hall–Kier alpha value is -3.53. The molecule has 196 valence electrons. The van der Waals surface area contributed by atoms with Crippen molar-refractivity contribution in [2.75, 3.05) is 31.4 Å². The normalized spacial score (nSPS) is 15.7. The standard InChI is InChI=1S/C27H33N5O4S/c1-27(2,3)25-23-24(18-9-10-19(35-5)20(12-18)36-6)37-16-22(34)32(26(23)31(4)30-25)15-21(33)29-14-17-8-7-11-28-13-17/h7-13,24H,14-16H2,1-6H3,(H,29,33)/t24-/m0/s1. The number of fused-ring (bicyclic) bond motifs is 1. The first-order valence-electron chi connectivity index (χ1n) is 12.0. The number of hydrogen-bond acceptors (Lipinski definition) is 7. The smallest absolute Gasteiger partial charge is 0.240 e.